The number of rotatable bonds is 8. The van der Waals surface area contributed by atoms with Gasteiger partial charge in [0.05, 0.1) is 0 Å². The van der Waals surface area contributed by atoms with Crippen LogP contribution in [0.25, 0.3) is 12.2 Å². The zero-order valence-corrected chi connectivity index (χ0v) is 20.2. The van der Waals surface area contributed by atoms with E-state index >= 15 is 0 Å². The lowest BCUT2D eigenvalue weighted by Crippen LogP contribution is -2.33. The van der Waals surface area contributed by atoms with Crippen LogP contribution in [0, 0.1) is 0 Å². The van der Waals surface area contributed by atoms with Crippen molar-refractivity contribution in [3.05, 3.63) is 120 Å². The Morgan fingerprint density at radius 3 is 1.12 bits per heavy atom. The van der Waals surface area contributed by atoms with Crippen LogP contribution in [0.1, 0.15) is 22.3 Å². The summed E-state index contributed by atoms with van der Waals surface area (Å²) in [4.78, 5) is 37.0. The van der Waals surface area contributed by atoms with Gasteiger partial charge < -0.3 is 19.6 Å². The van der Waals surface area contributed by atoms with Crippen LogP contribution in [0.15, 0.2) is 97.6 Å². The highest BCUT2D eigenvalue weighted by Crippen LogP contribution is 2.22. The summed E-state index contributed by atoms with van der Waals surface area (Å²) in [7, 11) is -4.09. The van der Waals surface area contributed by atoms with Crippen LogP contribution in [-0.4, -0.2) is 19.6 Å². The Balaban J connectivity index is 1.33. The van der Waals surface area contributed by atoms with Gasteiger partial charge >= 0.3 is 0 Å². The standard InChI is InChI=1S/C26H26N2O4P2/c29-33(30)25-7-3-23(4-8-25)19-27-15-11-21(12-16-27)1-2-22-13-17-28(18-14-22)20-24-5-9-26(10-6-24)34(31)32/h1-18,29-32H,19-20H2/q+2. The molecule has 0 fully saturated rings. The average molecular weight is 492 g/mol. The van der Waals surface area contributed by atoms with Crippen molar-refractivity contribution < 1.29 is 28.7 Å². The Labute approximate surface area is 201 Å². The van der Waals surface area contributed by atoms with Crippen LogP contribution >= 0.6 is 16.8 Å². The molecule has 8 heteroatoms. The fourth-order valence-corrected chi connectivity index (χ4v) is 4.29. The van der Waals surface area contributed by atoms with E-state index in [1.807, 2.05) is 49.1 Å². The molecule has 6 nitrogen and oxygen atoms in total. The van der Waals surface area contributed by atoms with Crippen LogP contribution in [0.3, 0.4) is 0 Å². The molecule has 0 spiro atoms. The van der Waals surface area contributed by atoms with Gasteiger partial charge in [0.2, 0.25) is 0 Å². The quantitative estimate of drug-likeness (QED) is 0.225. The third kappa shape index (κ3) is 6.85. The SMILES string of the molecule is OP(O)c1ccc(C[n+]2ccc(C=Cc3cc[n+](Cc4ccc(P(O)O)cc4)cc3)cc2)cc1. The first-order valence-corrected chi connectivity index (χ1v) is 13.2. The molecule has 2 heterocycles. The smallest absolute Gasteiger partial charge is 0.199 e. The minimum absolute atomic E-state index is 0.550. The predicted octanol–water partition coefficient (Wildman–Crippen LogP) is 2.37. The summed E-state index contributed by atoms with van der Waals surface area (Å²) >= 11 is 0. The normalized spacial score (nSPS) is 11.6. The van der Waals surface area contributed by atoms with E-state index in [9.17, 15) is 19.6 Å². The molecule has 2 aromatic carbocycles. The molecule has 4 aromatic rings. The first-order chi connectivity index (χ1) is 16.5. The lowest BCUT2D eigenvalue weighted by Gasteiger charge is -2.03. The zero-order valence-electron chi connectivity index (χ0n) is 18.4. The largest absolute Gasteiger partial charge is 0.347 e. The Bertz CT molecular complexity index is 1130. The number of pyridine rings is 2. The van der Waals surface area contributed by atoms with E-state index in [4.69, 9.17) is 0 Å². The fourth-order valence-electron chi connectivity index (χ4n) is 3.45. The van der Waals surface area contributed by atoms with E-state index in [1.54, 1.807) is 24.3 Å². The molecule has 0 radical (unpaired) electrons. The lowest BCUT2D eigenvalue weighted by atomic mass is 10.2. The fraction of sp³-hybridized carbons (Fsp3) is 0.0769. The second-order valence-corrected chi connectivity index (χ2v) is 10.0. The highest BCUT2D eigenvalue weighted by Gasteiger charge is 2.07. The molecular weight excluding hydrogens is 466 g/mol. The van der Waals surface area contributed by atoms with E-state index in [0.717, 1.165) is 22.3 Å². The Morgan fingerprint density at radius 1 is 0.500 bits per heavy atom. The summed E-state index contributed by atoms with van der Waals surface area (Å²) in [5, 5.41) is 1.10. The van der Waals surface area contributed by atoms with Crippen molar-refractivity contribution in [2.75, 3.05) is 0 Å². The Hall–Kier alpha value is -2.82. The van der Waals surface area contributed by atoms with Crippen molar-refractivity contribution in [3.63, 3.8) is 0 Å². The van der Waals surface area contributed by atoms with Gasteiger partial charge in [-0.25, -0.2) is 9.13 Å². The Kier molecular flexibility index (Phi) is 8.25. The topological polar surface area (TPSA) is 88.7 Å². The third-order valence-electron chi connectivity index (χ3n) is 5.37. The molecule has 0 amide bonds. The number of hydrogen-bond acceptors (Lipinski definition) is 4. The molecule has 4 N–H and O–H groups in total. The second-order valence-electron chi connectivity index (χ2n) is 7.85. The monoisotopic (exact) mass is 492 g/mol. The maximum atomic E-state index is 9.26. The number of nitrogens with zero attached hydrogens (tertiary/aromatic N) is 2. The van der Waals surface area contributed by atoms with Gasteiger partial charge in [0.25, 0.3) is 0 Å². The molecule has 0 saturated carbocycles. The summed E-state index contributed by atoms with van der Waals surface area (Å²) in [6.07, 6.45) is 12.3. The Morgan fingerprint density at radius 2 is 0.824 bits per heavy atom. The third-order valence-corrected chi connectivity index (χ3v) is 6.89. The zero-order chi connectivity index (χ0) is 23.9. The van der Waals surface area contributed by atoms with E-state index in [1.165, 1.54) is 0 Å². The second kappa shape index (κ2) is 11.5. The molecule has 0 aliphatic heterocycles. The van der Waals surface area contributed by atoms with Crippen molar-refractivity contribution in [2.24, 2.45) is 0 Å². The molecule has 34 heavy (non-hydrogen) atoms. The van der Waals surface area contributed by atoms with Gasteiger partial charge in [-0.1, -0.05) is 36.4 Å². The highest BCUT2D eigenvalue weighted by molar-refractivity contribution is 7.54. The number of aromatic nitrogens is 2. The van der Waals surface area contributed by atoms with Gasteiger partial charge in [-0.15, -0.1) is 0 Å². The van der Waals surface area contributed by atoms with Crippen molar-refractivity contribution in [1.82, 2.24) is 0 Å². The van der Waals surface area contributed by atoms with Gasteiger partial charge in [0, 0.05) is 46.0 Å². The van der Waals surface area contributed by atoms with Gasteiger partial charge in [0.15, 0.2) is 54.6 Å². The molecule has 2 aromatic heterocycles. The summed E-state index contributed by atoms with van der Waals surface area (Å²) in [5.74, 6) is 0. The lowest BCUT2D eigenvalue weighted by molar-refractivity contribution is -0.688. The van der Waals surface area contributed by atoms with Crippen molar-refractivity contribution in [2.45, 2.75) is 13.1 Å². The summed E-state index contributed by atoms with van der Waals surface area (Å²) in [6.45, 7) is 1.42. The molecule has 4 rings (SSSR count). The maximum absolute atomic E-state index is 9.26. The molecule has 0 aliphatic carbocycles. The van der Waals surface area contributed by atoms with E-state index < -0.39 is 16.8 Å². The van der Waals surface area contributed by atoms with Crippen molar-refractivity contribution in [1.29, 1.82) is 0 Å². The van der Waals surface area contributed by atoms with E-state index in [0.29, 0.717) is 23.7 Å². The summed E-state index contributed by atoms with van der Waals surface area (Å²) < 4.78 is 4.15. The van der Waals surface area contributed by atoms with E-state index in [-0.39, 0.29) is 0 Å². The van der Waals surface area contributed by atoms with Crippen LogP contribution in [-0.2, 0) is 13.1 Å². The molecule has 0 atom stereocenters. The first-order valence-electron chi connectivity index (χ1n) is 10.7. The van der Waals surface area contributed by atoms with Crippen LogP contribution in [0.2, 0.25) is 0 Å². The van der Waals surface area contributed by atoms with Gasteiger partial charge in [-0.3, -0.25) is 0 Å². The van der Waals surface area contributed by atoms with Crippen LogP contribution in [0.5, 0.6) is 0 Å². The number of hydrogen-bond donors (Lipinski definition) is 4. The minimum atomic E-state index is -2.04. The van der Waals surface area contributed by atoms with Crippen LogP contribution < -0.4 is 19.7 Å². The molecule has 0 bridgehead atoms. The highest BCUT2D eigenvalue weighted by atomic mass is 31.2. The average Bonchev–Trinajstić information content (AvgIpc) is 2.85. The van der Waals surface area contributed by atoms with Gasteiger partial charge in [0.1, 0.15) is 0 Å². The van der Waals surface area contributed by atoms with Gasteiger partial charge in [-0.2, -0.15) is 0 Å². The predicted molar refractivity (Wildman–Crippen MR) is 135 cm³/mol. The number of benzene rings is 2. The molecule has 0 unspecified atom stereocenters. The molecular formula is C26H26N2O4P2+2. The van der Waals surface area contributed by atoms with E-state index in [2.05, 4.69) is 45.6 Å². The first kappa shape index (κ1) is 24.3. The molecule has 0 aliphatic rings. The molecule has 0 saturated heterocycles. The molecule has 172 valence electrons. The minimum Gasteiger partial charge on any atom is -0.347 e. The van der Waals surface area contributed by atoms with Crippen molar-refractivity contribution >= 4 is 39.5 Å². The van der Waals surface area contributed by atoms with Crippen LogP contribution in [0.4, 0.5) is 0 Å². The summed E-state index contributed by atoms with van der Waals surface area (Å²) in [5.41, 5.74) is 4.38. The summed E-state index contributed by atoms with van der Waals surface area (Å²) in [6, 6.07) is 22.9. The maximum Gasteiger partial charge on any atom is 0.199 e. The van der Waals surface area contributed by atoms with Gasteiger partial charge in [-0.05, 0) is 35.4 Å². The van der Waals surface area contributed by atoms with Crippen molar-refractivity contribution in [3.8, 4) is 0 Å².